The Bertz CT molecular complexity index is 729. The normalized spacial score (nSPS) is 21.0. The Morgan fingerprint density at radius 3 is 2.42 bits per heavy atom. The highest BCUT2D eigenvalue weighted by molar-refractivity contribution is 7.89. The lowest BCUT2D eigenvalue weighted by Gasteiger charge is -2.20. The van der Waals surface area contributed by atoms with E-state index in [0.29, 0.717) is 19.4 Å². The van der Waals surface area contributed by atoms with Gasteiger partial charge in [0.25, 0.3) is 0 Å². The van der Waals surface area contributed by atoms with Crippen molar-refractivity contribution in [3.8, 4) is 0 Å². The number of benzene rings is 1. The molecule has 0 bridgehead atoms. The van der Waals surface area contributed by atoms with Gasteiger partial charge in [-0.15, -0.1) is 0 Å². The number of rotatable bonds is 6. The number of hydrogen-bond acceptors (Lipinski definition) is 4. The highest BCUT2D eigenvalue weighted by Gasteiger charge is 2.41. The monoisotopic (exact) mass is 354 g/mol. The predicted molar refractivity (Wildman–Crippen MR) is 87.9 cm³/mol. The molecule has 132 valence electrons. The fraction of sp³-hybridized carbons (Fsp3) is 0.500. The standard InChI is InChI=1S/C16H22N2O5S/c1-16(15(20)21)9-10-18(11-16)14(19)8-5-12-3-6-13(7-4-12)24(22,23)17-2/h3-4,6-7,17H,5,8-11H2,1-2H3,(H,20,21). The number of amides is 1. The largest absolute Gasteiger partial charge is 0.481 e. The summed E-state index contributed by atoms with van der Waals surface area (Å²) < 4.78 is 25.5. The van der Waals surface area contributed by atoms with Crippen LogP contribution in [0.5, 0.6) is 0 Å². The third-order valence-electron chi connectivity index (χ3n) is 4.47. The topological polar surface area (TPSA) is 104 Å². The summed E-state index contributed by atoms with van der Waals surface area (Å²) in [4.78, 5) is 25.2. The molecule has 1 saturated heterocycles. The molecule has 7 nitrogen and oxygen atoms in total. The van der Waals surface area contributed by atoms with Gasteiger partial charge >= 0.3 is 5.97 Å². The van der Waals surface area contributed by atoms with Gasteiger partial charge in [0.05, 0.1) is 10.3 Å². The maximum atomic E-state index is 12.2. The van der Waals surface area contributed by atoms with Crippen molar-refractivity contribution in [3.63, 3.8) is 0 Å². The van der Waals surface area contributed by atoms with E-state index in [1.165, 1.54) is 19.2 Å². The number of carboxylic acid groups (broad SMARTS) is 1. The summed E-state index contributed by atoms with van der Waals surface area (Å²) >= 11 is 0. The molecule has 0 saturated carbocycles. The van der Waals surface area contributed by atoms with E-state index in [1.54, 1.807) is 24.0 Å². The van der Waals surface area contributed by atoms with Gasteiger partial charge in [-0.2, -0.15) is 0 Å². The lowest BCUT2D eigenvalue weighted by Crippen LogP contribution is -2.34. The summed E-state index contributed by atoms with van der Waals surface area (Å²) in [7, 11) is -2.11. The van der Waals surface area contributed by atoms with Crippen LogP contribution in [0.1, 0.15) is 25.3 Å². The lowest BCUT2D eigenvalue weighted by atomic mass is 9.90. The smallest absolute Gasteiger partial charge is 0.311 e. The molecule has 1 heterocycles. The molecule has 8 heteroatoms. The van der Waals surface area contributed by atoms with Gasteiger partial charge in [0, 0.05) is 19.5 Å². The summed E-state index contributed by atoms with van der Waals surface area (Å²) in [6.07, 6.45) is 1.22. The van der Waals surface area contributed by atoms with Crippen molar-refractivity contribution in [2.24, 2.45) is 5.41 Å². The first-order valence-corrected chi connectivity index (χ1v) is 9.20. The lowest BCUT2D eigenvalue weighted by molar-refractivity contribution is -0.147. The van der Waals surface area contributed by atoms with E-state index < -0.39 is 21.4 Å². The number of carbonyl (C=O) groups excluding carboxylic acids is 1. The molecule has 1 aromatic rings. The average Bonchev–Trinajstić information content (AvgIpc) is 2.97. The van der Waals surface area contributed by atoms with Crippen molar-refractivity contribution in [2.45, 2.75) is 31.1 Å². The molecule has 2 rings (SSSR count). The Hall–Kier alpha value is -1.93. The van der Waals surface area contributed by atoms with Crippen LogP contribution in [-0.2, 0) is 26.0 Å². The molecule has 0 aromatic heterocycles. The fourth-order valence-electron chi connectivity index (χ4n) is 2.71. The summed E-state index contributed by atoms with van der Waals surface area (Å²) in [6, 6.07) is 6.37. The van der Waals surface area contributed by atoms with Gasteiger partial charge in [0.2, 0.25) is 15.9 Å². The van der Waals surface area contributed by atoms with Crippen LogP contribution in [0, 0.1) is 5.41 Å². The molecule has 0 aliphatic carbocycles. The van der Waals surface area contributed by atoms with Gasteiger partial charge < -0.3 is 10.0 Å². The number of nitrogens with one attached hydrogen (secondary N) is 1. The first kappa shape index (κ1) is 18.4. The molecule has 1 unspecified atom stereocenters. The quantitative estimate of drug-likeness (QED) is 0.788. The summed E-state index contributed by atoms with van der Waals surface area (Å²) in [6.45, 7) is 2.35. The Morgan fingerprint density at radius 1 is 1.29 bits per heavy atom. The zero-order chi connectivity index (χ0) is 18.0. The molecule has 1 amide bonds. The van der Waals surface area contributed by atoms with E-state index in [1.807, 2.05) is 0 Å². The van der Waals surface area contributed by atoms with Crippen molar-refractivity contribution in [1.82, 2.24) is 9.62 Å². The van der Waals surface area contributed by atoms with Crippen molar-refractivity contribution in [2.75, 3.05) is 20.1 Å². The van der Waals surface area contributed by atoms with Crippen LogP contribution < -0.4 is 4.72 Å². The average molecular weight is 354 g/mol. The van der Waals surface area contributed by atoms with Gasteiger partial charge in [-0.25, -0.2) is 13.1 Å². The SMILES string of the molecule is CNS(=O)(=O)c1ccc(CCC(=O)N2CCC(C)(C(=O)O)C2)cc1. The fourth-order valence-corrected chi connectivity index (χ4v) is 3.44. The van der Waals surface area contributed by atoms with E-state index in [4.69, 9.17) is 0 Å². The third-order valence-corrected chi connectivity index (χ3v) is 5.90. The minimum Gasteiger partial charge on any atom is -0.481 e. The summed E-state index contributed by atoms with van der Waals surface area (Å²) in [5, 5.41) is 9.20. The number of carbonyl (C=O) groups is 2. The zero-order valence-electron chi connectivity index (χ0n) is 13.8. The molecule has 1 aliphatic heterocycles. The third kappa shape index (κ3) is 3.93. The number of carboxylic acids is 1. The van der Waals surface area contributed by atoms with Crippen LogP contribution in [-0.4, -0.2) is 50.4 Å². The molecular weight excluding hydrogens is 332 g/mol. The minimum absolute atomic E-state index is 0.0769. The Kier molecular flexibility index (Phi) is 5.29. The Labute approximate surface area is 141 Å². The van der Waals surface area contributed by atoms with Gasteiger partial charge in [-0.1, -0.05) is 12.1 Å². The molecule has 0 spiro atoms. The molecule has 1 fully saturated rings. The van der Waals surface area contributed by atoms with Crippen molar-refractivity contribution in [3.05, 3.63) is 29.8 Å². The molecule has 2 N–H and O–H groups in total. The van der Waals surface area contributed by atoms with Crippen LogP contribution in [0.25, 0.3) is 0 Å². The Balaban J connectivity index is 1.92. The van der Waals surface area contributed by atoms with Gasteiger partial charge in [-0.3, -0.25) is 9.59 Å². The van der Waals surface area contributed by atoms with E-state index in [-0.39, 0.29) is 23.8 Å². The van der Waals surface area contributed by atoms with Crippen LogP contribution >= 0.6 is 0 Å². The van der Waals surface area contributed by atoms with Crippen LogP contribution in [0.3, 0.4) is 0 Å². The molecule has 1 aliphatic rings. The number of nitrogens with zero attached hydrogens (tertiary/aromatic N) is 1. The molecule has 24 heavy (non-hydrogen) atoms. The first-order chi connectivity index (χ1) is 11.2. The van der Waals surface area contributed by atoms with Crippen LogP contribution in [0.2, 0.25) is 0 Å². The van der Waals surface area contributed by atoms with Crippen molar-refractivity contribution < 1.29 is 23.1 Å². The second-order valence-electron chi connectivity index (χ2n) is 6.28. The number of aliphatic carboxylic acids is 1. The second-order valence-corrected chi connectivity index (χ2v) is 8.17. The van der Waals surface area contributed by atoms with E-state index in [0.717, 1.165) is 5.56 Å². The number of sulfonamides is 1. The zero-order valence-corrected chi connectivity index (χ0v) is 14.6. The van der Waals surface area contributed by atoms with E-state index >= 15 is 0 Å². The van der Waals surface area contributed by atoms with Crippen LogP contribution in [0.4, 0.5) is 0 Å². The van der Waals surface area contributed by atoms with Gasteiger partial charge in [0.15, 0.2) is 0 Å². The minimum atomic E-state index is -3.46. The van der Waals surface area contributed by atoms with Gasteiger partial charge in [0.1, 0.15) is 0 Å². The molecule has 1 atom stereocenters. The highest BCUT2D eigenvalue weighted by atomic mass is 32.2. The van der Waals surface area contributed by atoms with Crippen LogP contribution in [0.15, 0.2) is 29.2 Å². The molecular formula is C16H22N2O5S. The molecule has 0 radical (unpaired) electrons. The van der Waals surface area contributed by atoms with Crippen molar-refractivity contribution in [1.29, 1.82) is 0 Å². The van der Waals surface area contributed by atoms with Crippen molar-refractivity contribution >= 4 is 21.9 Å². The maximum absolute atomic E-state index is 12.2. The number of aryl methyl sites for hydroxylation is 1. The summed E-state index contributed by atoms with van der Waals surface area (Å²) in [5.41, 5.74) is -0.00247. The maximum Gasteiger partial charge on any atom is 0.311 e. The van der Waals surface area contributed by atoms with E-state index in [9.17, 15) is 23.1 Å². The van der Waals surface area contributed by atoms with E-state index in [2.05, 4.69) is 4.72 Å². The number of hydrogen-bond donors (Lipinski definition) is 2. The number of likely N-dealkylation sites (tertiary alicyclic amines) is 1. The van der Waals surface area contributed by atoms with Gasteiger partial charge in [-0.05, 0) is 44.5 Å². The Morgan fingerprint density at radius 2 is 1.92 bits per heavy atom. The summed E-state index contributed by atoms with van der Waals surface area (Å²) in [5.74, 6) is -0.953. The second kappa shape index (κ2) is 6.90. The highest BCUT2D eigenvalue weighted by Crippen LogP contribution is 2.30. The predicted octanol–water partition coefficient (Wildman–Crippen LogP) is 0.850. The first-order valence-electron chi connectivity index (χ1n) is 7.72. The molecule has 1 aromatic carbocycles.